The van der Waals surface area contributed by atoms with Crippen molar-refractivity contribution in [3.63, 3.8) is 0 Å². The van der Waals surface area contributed by atoms with Gasteiger partial charge in [0.25, 0.3) is 0 Å². The molecule has 0 spiro atoms. The van der Waals surface area contributed by atoms with E-state index in [9.17, 15) is 10.2 Å². The average Bonchev–Trinajstić information content (AvgIpc) is 3.27. The maximum Gasteiger partial charge on any atom is 0.142 e. The summed E-state index contributed by atoms with van der Waals surface area (Å²) in [6.45, 7) is 2.09. The number of pyridine rings is 2. The van der Waals surface area contributed by atoms with E-state index in [2.05, 4.69) is 38.9 Å². The zero-order valence-corrected chi connectivity index (χ0v) is 19.3. The van der Waals surface area contributed by atoms with Crippen LogP contribution in [0, 0.1) is 11.8 Å². The number of aliphatic hydroxyl groups excluding tert-OH is 2. The van der Waals surface area contributed by atoms with Gasteiger partial charge in [-0.05, 0) is 70.4 Å². The monoisotopic (exact) mass is 495 g/mol. The van der Waals surface area contributed by atoms with Crippen molar-refractivity contribution in [2.45, 2.75) is 38.0 Å². The van der Waals surface area contributed by atoms with Gasteiger partial charge in [-0.2, -0.15) is 0 Å². The zero-order chi connectivity index (χ0) is 22.6. The number of hydrogen-bond donors (Lipinski definition) is 4. The smallest absolute Gasteiger partial charge is 0.142 e. The Balaban J connectivity index is 1.38. The van der Waals surface area contributed by atoms with Gasteiger partial charge < -0.3 is 26.2 Å². The first-order valence-corrected chi connectivity index (χ1v) is 11.6. The molecule has 32 heavy (non-hydrogen) atoms. The largest absolute Gasteiger partial charge is 0.398 e. The minimum atomic E-state index is -0.871. The Hall–Kier alpha value is -2.68. The lowest BCUT2D eigenvalue weighted by molar-refractivity contribution is 0.00538. The Morgan fingerprint density at radius 3 is 2.72 bits per heavy atom. The van der Waals surface area contributed by atoms with Crippen molar-refractivity contribution in [2.24, 2.45) is 11.8 Å². The molecule has 166 valence electrons. The number of hydrogen-bond acceptors (Lipinski definition) is 6. The molecule has 5 atom stereocenters. The third-order valence-corrected chi connectivity index (χ3v) is 7.59. The quantitative estimate of drug-likeness (QED) is 0.342. The zero-order valence-electron chi connectivity index (χ0n) is 17.7. The van der Waals surface area contributed by atoms with Gasteiger partial charge in [0.1, 0.15) is 17.6 Å². The highest BCUT2D eigenvalue weighted by Crippen LogP contribution is 2.44. The summed E-state index contributed by atoms with van der Waals surface area (Å²) in [6, 6.07) is 11.6. The van der Waals surface area contributed by atoms with Gasteiger partial charge in [0, 0.05) is 28.9 Å². The molecule has 1 aliphatic rings. The molecular formula is C24H26BrN5O2. The summed E-state index contributed by atoms with van der Waals surface area (Å²) < 4.78 is 2.75. The molecule has 0 amide bonds. The van der Waals surface area contributed by atoms with Gasteiger partial charge in [-0.15, -0.1) is 0 Å². The highest BCUT2D eigenvalue weighted by atomic mass is 79.9. The molecule has 1 saturated carbocycles. The van der Waals surface area contributed by atoms with E-state index in [-0.39, 0.29) is 17.9 Å². The highest BCUT2D eigenvalue weighted by Gasteiger charge is 2.47. The molecule has 5 rings (SSSR count). The fourth-order valence-electron chi connectivity index (χ4n) is 5.19. The van der Waals surface area contributed by atoms with Crippen molar-refractivity contribution in [3.05, 3.63) is 58.8 Å². The van der Waals surface area contributed by atoms with E-state index in [1.165, 1.54) is 0 Å². The lowest BCUT2D eigenvalue weighted by Crippen LogP contribution is -2.29. The second-order valence-corrected chi connectivity index (χ2v) is 9.63. The van der Waals surface area contributed by atoms with Crippen molar-refractivity contribution in [3.8, 4) is 0 Å². The van der Waals surface area contributed by atoms with Crippen LogP contribution < -0.4 is 11.5 Å². The average molecular weight is 496 g/mol. The molecule has 0 bridgehead atoms. The third-order valence-electron chi connectivity index (χ3n) is 6.95. The summed E-state index contributed by atoms with van der Waals surface area (Å²) >= 11 is 3.42. The number of aliphatic hydroxyl groups is 2. The van der Waals surface area contributed by atoms with E-state index in [0.717, 1.165) is 44.8 Å². The standard InChI is InChI=1S/C24H26BrN5O2/c1-12-15(5-3-13-2-4-14-11-17(25)23(27)29-19(14)10-13)21(31)22(32)20(12)30-9-7-16-18(26)6-8-28-24(16)30/h2,4,6-12,15,20-22,31-32H,3,5H2,1H3,(H2,26,28)(H2,27,29)/t12-,15+,20-,21-,22+/m1/s1. The SMILES string of the molecule is C[C@@H]1[C@H](CCc2ccc3cc(Br)c(N)nc3c2)[C@@H](O)[C@@H](O)[C@@H]1n1ccc2c(N)ccnc21. The van der Waals surface area contributed by atoms with Crippen LogP contribution >= 0.6 is 15.9 Å². The molecular weight excluding hydrogens is 470 g/mol. The van der Waals surface area contributed by atoms with Gasteiger partial charge in [-0.1, -0.05) is 19.1 Å². The van der Waals surface area contributed by atoms with E-state index in [4.69, 9.17) is 11.5 Å². The predicted molar refractivity (Wildman–Crippen MR) is 130 cm³/mol. The maximum absolute atomic E-state index is 10.9. The van der Waals surface area contributed by atoms with E-state index in [1.54, 1.807) is 12.3 Å². The van der Waals surface area contributed by atoms with Crippen molar-refractivity contribution in [1.82, 2.24) is 14.5 Å². The number of anilines is 2. The van der Waals surface area contributed by atoms with Crippen LogP contribution in [0.15, 0.2) is 53.3 Å². The number of halogens is 1. The minimum absolute atomic E-state index is 0.0489. The Morgan fingerprint density at radius 2 is 1.91 bits per heavy atom. The van der Waals surface area contributed by atoms with Crippen molar-refractivity contribution in [2.75, 3.05) is 11.5 Å². The second-order valence-electron chi connectivity index (χ2n) is 8.78. The van der Waals surface area contributed by atoms with Crippen LogP contribution in [-0.2, 0) is 6.42 Å². The van der Waals surface area contributed by atoms with Gasteiger partial charge in [0.2, 0.25) is 0 Å². The number of fused-ring (bicyclic) bond motifs is 2. The van der Waals surface area contributed by atoms with Gasteiger partial charge >= 0.3 is 0 Å². The molecule has 7 nitrogen and oxygen atoms in total. The minimum Gasteiger partial charge on any atom is -0.398 e. The summed E-state index contributed by atoms with van der Waals surface area (Å²) in [6.07, 6.45) is 3.43. The Bertz CT molecular complexity index is 1310. The Kier molecular flexibility index (Phi) is 5.31. The number of rotatable bonds is 4. The predicted octanol–water partition coefficient (Wildman–Crippen LogP) is 3.67. The number of aromatic nitrogens is 3. The normalized spacial score (nSPS) is 25.7. The van der Waals surface area contributed by atoms with Crippen LogP contribution in [0.25, 0.3) is 21.9 Å². The van der Waals surface area contributed by atoms with E-state index in [1.807, 2.05) is 35.0 Å². The van der Waals surface area contributed by atoms with Crippen LogP contribution in [0.2, 0.25) is 0 Å². The van der Waals surface area contributed by atoms with E-state index < -0.39 is 12.2 Å². The Labute approximate surface area is 194 Å². The molecule has 6 N–H and O–H groups in total. The summed E-state index contributed by atoms with van der Waals surface area (Å²) in [7, 11) is 0. The van der Waals surface area contributed by atoms with E-state index >= 15 is 0 Å². The second kappa shape index (κ2) is 8.03. The topological polar surface area (TPSA) is 123 Å². The molecule has 1 fully saturated rings. The van der Waals surface area contributed by atoms with Crippen LogP contribution in [0.1, 0.15) is 24.9 Å². The van der Waals surface area contributed by atoms with Crippen molar-refractivity contribution < 1.29 is 10.2 Å². The summed E-state index contributed by atoms with van der Waals surface area (Å²) in [4.78, 5) is 8.93. The number of nitrogens with two attached hydrogens (primary N) is 2. The molecule has 0 radical (unpaired) electrons. The van der Waals surface area contributed by atoms with Gasteiger partial charge in [0.05, 0.1) is 22.1 Å². The lowest BCUT2D eigenvalue weighted by Gasteiger charge is -2.23. The fourth-order valence-corrected chi connectivity index (χ4v) is 5.53. The first-order chi connectivity index (χ1) is 15.3. The fraction of sp³-hybridized carbons (Fsp3) is 0.333. The maximum atomic E-state index is 10.9. The number of benzene rings is 1. The summed E-state index contributed by atoms with van der Waals surface area (Å²) in [5.74, 6) is 0.477. The number of aryl methyl sites for hydroxylation is 1. The molecule has 1 aliphatic carbocycles. The van der Waals surface area contributed by atoms with Gasteiger partial charge in [0.15, 0.2) is 0 Å². The first-order valence-electron chi connectivity index (χ1n) is 10.8. The summed E-state index contributed by atoms with van der Waals surface area (Å²) in [5, 5.41) is 23.7. The number of nitrogen functional groups attached to an aromatic ring is 2. The molecule has 0 aliphatic heterocycles. The number of nitrogens with zero attached hydrogens (tertiary/aromatic N) is 3. The molecule has 3 aromatic heterocycles. The van der Waals surface area contributed by atoms with Crippen molar-refractivity contribution >= 4 is 49.4 Å². The molecule has 0 unspecified atom stereocenters. The van der Waals surface area contributed by atoms with Gasteiger partial charge in [-0.3, -0.25) is 0 Å². The van der Waals surface area contributed by atoms with Crippen LogP contribution in [0.3, 0.4) is 0 Å². The van der Waals surface area contributed by atoms with Crippen molar-refractivity contribution in [1.29, 1.82) is 0 Å². The van der Waals surface area contributed by atoms with Crippen LogP contribution in [0.4, 0.5) is 11.5 Å². The lowest BCUT2D eigenvalue weighted by atomic mass is 9.88. The molecule has 0 saturated heterocycles. The highest BCUT2D eigenvalue weighted by molar-refractivity contribution is 9.10. The molecule has 3 heterocycles. The Morgan fingerprint density at radius 1 is 1.09 bits per heavy atom. The summed E-state index contributed by atoms with van der Waals surface area (Å²) in [5.41, 5.74) is 15.4. The first kappa shape index (κ1) is 21.2. The van der Waals surface area contributed by atoms with Crippen LogP contribution in [0.5, 0.6) is 0 Å². The van der Waals surface area contributed by atoms with Crippen LogP contribution in [-0.4, -0.2) is 37.0 Å². The third kappa shape index (κ3) is 3.43. The molecule has 1 aromatic carbocycles. The molecule has 4 aromatic rings. The molecule has 8 heteroatoms. The van der Waals surface area contributed by atoms with Gasteiger partial charge in [-0.25, -0.2) is 9.97 Å². The van der Waals surface area contributed by atoms with E-state index in [0.29, 0.717) is 11.5 Å².